The molecule has 0 bridgehead atoms. The minimum absolute atomic E-state index is 0.239. The number of aliphatic hydroxyl groups is 2. The normalized spacial score (nSPS) is 39.2. The van der Waals surface area contributed by atoms with Crippen LogP contribution in [0.2, 0.25) is 0 Å². The van der Waals surface area contributed by atoms with E-state index in [0.717, 1.165) is 0 Å². The van der Waals surface area contributed by atoms with Crippen LogP contribution in [-0.4, -0.2) is 55.6 Å². The van der Waals surface area contributed by atoms with Crippen LogP contribution in [0.4, 0.5) is 0 Å². The molecule has 72 valence electrons. The summed E-state index contributed by atoms with van der Waals surface area (Å²) in [6, 6.07) is -0.494. The topological polar surface area (TPSA) is 62.0 Å². The molecule has 0 amide bonds. The van der Waals surface area contributed by atoms with E-state index in [1.807, 2.05) is 0 Å². The second-order valence-electron chi connectivity index (χ2n) is 3.33. The van der Waals surface area contributed by atoms with Crippen LogP contribution >= 0.6 is 0 Å². The summed E-state index contributed by atoms with van der Waals surface area (Å²) in [6.07, 6.45) is 0.0915. The highest BCUT2D eigenvalue weighted by molar-refractivity contribution is 6.11. The first-order valence-corrected chi connectivity index (χ1v) is 4.29. The van der Waals surface area contributed by atoms with E-state index in [2.05, 4.69) is 11.7 Å². The Balaban J connectivity index is 2.62. The fraction of sp³-hybridized carbons (Fsp3) is 0.875. The Morgan fingerprint density at radius 1 is 1.69 bits per heavy atom. The first-order chi connectivity index (χ1) is 6.14. The number of rotatable bonds is 4. The zero-order valence-electron chi connectivity index (χ0n) is 7.52. The van der Waals surface area contributed by atoms with Crippen molar-refractivity contribution in [2.24, 2.45) is 4.99 Å². The fourth-order valence-corrected chi connectivity index (χ4v) is 1.58. The van der Waals surface area contributed by atoms with Gasteiger partial charge in [-0.25, -0.2) is 0 Å². The van der Waals surface area contributed by atoms with Gasteiger partial charge >= 0.3 is 0 Å². The Kier molecular flexibility index (Phi) is 3.47. The van der Waals surface area contributed by atoms with Crippen LogP contribution in [0.1, 0.15) is 12.8 Å². The summed E-state index contributed by atoms with van der Waals surface area (Å²) >= 11 is 0. The molecule has 1 heterocycles. The molecule has 0 aliphatic carbocycles. The van der Waals surface area contributed by atoms with E-state index in [1.165, 1.54) is 0 Å². The molecule has 1 aliphatic rings. The molecule has 1 rings (SSSR count). The molecule has 2 radical (unpaired) electrons. The molecule has 3 atom stereocenters. The van der Waals surface area contributed by atoms with Gasteiger partial charge in [0.1, 0.15) is 13.4 Å². The van der Waals surface area contributed by atoms with Crippen molar-refractivity contribution in [3.05, 3.63) is 0 Å². The number of hydrogen-bond acceptors (Lipinski definition) is 4. The van der Waals surface area contributed by atoms with Crippen LogP contribution in [0, 0.1) is 0 Å². The summed E-state index contributed by atoms with van der Waals surface area (Å²) in [5.74, 6) is 0. The molecule has 13 heavy (non-hydrogen) atoms. The van der Waals surface area contributed by atoms with Crippen molar-refractivity contribution in [3.63, 3.8) is 0 Å². The maximum atomic E-state index is 9.61. The summed E-state index contributed by atoms with van der Waals surface area (Å²) in [5, 5.41) is 18.7. The Bertz CT molecular complexity index is 190. The van der Waals surface area contributed by atoms with Crippen molar-refractivity contribution in [3.8, 4) is 0 Å². The van der Waals surface area contributed by atoms with Gasteiger partial charge in [-0.05, 0) is 13.1 Å². The molecule has 1 fully saturated rings. The fourth-order valence-electron chi connectivity index (χ4n) is 1.58. The lowest BCUT2D eigenvalue weighted by molar-refractivity contribution is -0.100. The highest BCUT2D eigenvalue weighted by atomic mass is 16.5. The van der Waals surface area contributed by atoms with Gasteiger partial charge in [0, 0.05) is 19.0 Å². The molecule has 2 N–H and O–H groups in total. The van der Waals surface area contributed by atoms with Crippen molar-refractivity contribution >= 4 is 14.6 Å². The van der Waals surface area contributed by atoms with Crippen LogP contribution in [0.5, 0.6) is 0 Å². The largest absolute Gasteiger partial charge is 0.393 e. The van der Waals surface area contributed by atoms with Crippen LogP contribution in [0.15, 0.2) is 4.99 Å². The molecule has 4 nitrogen and oxygen atoms in total. The Morgan fingerprint density at radius 2 is 2.38 bits per heavy atom. The van der Waals surface area contributed by atoms with Crippen molar-refractivity contribution < 1.29 is 14.9 Å². The highest BCUT2D eigenvalue weighted by Gasteiger charge is 2.45. The van der Waals surface area contributed by atoms with E-state index in [9.17, 15) is 5.11 Å². The van der Waals surface area contributed by atoms with Gasteiger partial charge in [0.2, 0.25) is 0 Å². The van der Waals surface area contributed by atoms with Gasteiger partial charge < -0.3 is 19.9 Å². The van der Waals surface area contributed by atoms with E-state index >= 15 is 0 Å². The zero-order chi connectivity index (χ0) is 9.90. The third-order valence-electron chi connectivity index (χ3n) is 2.41. The Labute approximate surface area is 79.0 Å². The summed E-state index contributed by atoms with van der Waals surface area (Å²) < 4.78 is 5.30. The van der Waals surface area contributed by atoms with Gasteiger partial charge in [0.15, 0.2) is 0 Å². The van der Waals surface area contributed by atoms with E-state index in [4.69, 9.17) is 17.7 Å². The molecular formula is C8H14BNO3. The lowest BCUT2D eigenvalue weighted by atomic mass is 9.90. The van der Waals surface area contributed by atoms with Gasteiger partial charge in [0.05, 0.1) is 12.7 Å². The summed E-state index contributed by atoms with van der Waals surface area (Å²) in [4.78, 5) is 3.66. The number of aliphatic imine (C=N–C) groups is 1. The van der Waals surface area contributed by atoms with Gasteiger partial charge in [-0.1, -0.05) is 0 Å². The molecule has 0 aromatic rings. The molecule has 1 aliphatic heterocycles. The number of aliphatic hydroxyl groups excluding tert-OH is 2. The average Bonchev–Trinajstić information content (AvgIpc) is 2.38. The number of ether oxygens (including phenoxy) is 1. The molecule has 5 heteroatoms. The summed E-state index contributed by atoms with van der Waals surface area (Å²) in [7, 11) is 5.51. The minimum atomic E-state index is -0.930. The molecule has 0 saturated carbocycles. The second kappa shape index (κ2) is 4.22. The molecular weight excluding hydrogens is 169 g/mol. The monoisotopic (exact) mass is 183 g/mol. The summed E-state index contributed by atoms with van der Waals surface area (Å²) in [5.41, 5.74) is -0.930. The van der Waals surface area contributed by atoms with Crippen molar-refractivity contribution in [2.75, 3.05) is 13.2 Å². The zero-order valence-corrected chi connectivity index (χ0v) is 7.52. The van der Waals surface area contributed by atoms with E-state index in [1.54, 1.807) is 0 Å². The predicted octanol–water partition coefficient (Wildman–Crippen LogP) is -0.916. The maximum Gasteiger partial charge on any atom is 0.118 e. The van der Waals surface area contributed by atoms with Crippen LogP contribution in [0.3, 0.4) is 0 Å². The van der Waals surface area contributed by atoms with E-state index in [0.29, 0.717) is 19.4 Å². The van der Waals surface area contributed by atoms with Crippen LogP contribution in [-0.2, 0) is 4.74 Å². The Hall–Kier alpha value is -0.385. The molecule has 3 unspecified atom stereocenters. The SMILES string of the molecule is [B]C1CC(O)C(CO)(CCN=C)O1. The molecule has 0 spiro atoms. The quantitative estimate of drug-likeness (QED) is 0.437. The van der Waals surface area contributed by atoms with Gasteiger partial charge in [-0.15, -0.1) is 0 Å². The van der Waals surface area contributed by atoms with Gasteiger partial charge in [-0.2, -0.15) is 0 Å². The Morgan fingerprint density at radius 3 is 2.77 bits per heavy atom. The second-order valence-corrected chi connectivity index (χ2v) is 3.33. The van der Waals surface area contributed by atoms with E-state index < -0.39 is 17.7 Å². The number of nitrogens with zero attached hydrogens (tertiary/aromatic N) is 1. The van der Waals surface area contributed by atoms with Crippen molar-refractivity contribution in [1.82, 2.24) is 0 Å². The van der Waals surface area contributed by atoms with Crippen LogP contribution < -0.4 is 0 Å². The van der Waals surface area contributed by atoms with Crippen LogP contribution in [0.25, 0.3) is 0 Å². The van der Waals surface area contributed by atoms with Gasteiger partial charge in [0.25, 0.3) is 0 Å². The smallest absolute Gasteiger partial charge is 0.118 e. The van der Waals surface area contributed by atoms with E-state index in [-0.39, 0.29) is 6.61 Å². The standard InChI is InChI=1S/C8H14BNO3/c1-10-3-2-8(5-11)6(12)4-7(9)13-8/h6-7,11-12H,1-5H2. The molecule has 1 saturated heterocycles. The van der Waals surface area contributed by atoms with Crippen molar-refractivity contribution in [1.29, 1.82) is 0 Å². The highest BCUT2D eigenvalue weighted by Crippen LogP contribution is 2.32. The van der Waals surface area contributed by atoms with Crippen molar-refractivity contribution in [2.45, 2.75) is 30.5 Å². The molecule has 0 aromatic carbocycles. The van der Waals surface area contributed by atoms with Gasteiger partial charge in [-0.3, -0.25) is 0 Å². The minimum Gasteiger partial charge on any atom is -0.393 e. The first kappa shape index (κ1) is 10.7. The summed E-state index contributed by atoms with van der Waals surface area (Å²) in [6.45, 7) is 3.54. The third kappa shape index (κ3) is 2.10. The first-order valence-electron chi connectivity index (χ1n) is 4.29. The average molecular weight is 183 g/mol. The maximum absolute atomic E-state index is 9.61. The lowest BCUT2D eigenvalue weighted by Gasteiger charge is -2.29. The molecule has 0 aromatic heterocycles. The third-order valence-corrected chi connectivity index (χ3v) is 2.41. The predicted molar refractivity (Wildman–Crippen MR) is 50.1 cm³/mol. The number of hydrogen-bond donors (Lipinski definition) is 2. The lowest BCUT2D eigenvalue weighted by Crippen LogP contribution is -2.43.